The Balaban J connectivity index is 2.88. The average Bonchev–Trinajstić information content (AvgIpc) is 2.51. The molecule has 0 radical (unpaired) electrons. The molecule has 1 unspecified atom stereocenters. The first-order valence-corrected chi connectivity index (χ1v) is 5.64. The van der Waals surface area contributed by atoms with E-state index < -0.39 is 0 Å². The second-order valence-electron chi connectivity index (χ2n) is 4.87. The smallest absolute Gasteiger partial charge is 0.152 e. The summed E-state index contributed by atoms with van der Waals surface area (Å²) in [7, 11) is 0. The van der Waals surface area contributed by atoms with Gasteiger partial charge in [0.05, 0.1) is 5.54 Å². The zero-order chi connectivity index (χ0) is 11.5. The molecule has 1 aromatic rings. The Morgan fingerprint density at radius 1 is 1.53 bits per heavy atom. The molecular weight excluding hydrogens is 188 g/mol. The minimum Gasteiger partial charge on any atom is -0.319 e. The van der Waals surface area contributed by atoms with Crippen molar-refractivity contribution in [2.45, 2.75) is 52.6 Å². The fourth-order valence-corrected chi connectivity index (χ4v) is 1.86. The van der Waals surface area contributed by atoms with Crippen LogP contribution in [0, 0.1) is 5.92 Å². The maximum Gasteiger partial charge on any atom is 0.152 e. The molecule has 0 aliphatic heterocycles. The molecule has 0 aliphatic rings. The summed E-state index contributed by atoms with van der Waals surface area (Å²) >= 11 is 0. The van der Waals surface area contributed by atoms with Crippen LogP contribution in [0.4, 0.5) is 0 Å². The highest BCUT2D eigenvalue weighted by molar-refractivity contribution is 5.02. The summed E-state index contributed by atoms with van der Waals surface area (Å²) in [5.41, 5.74) is 5.89. The van der Waals surface area contributed by atoms with Crippen LogP contribution in [0.25, 0.3) is 0 Å². The van der Waals surface area contributed by atoms with E-state index in [-0.39, 0.29) is 5.54 Å². The highest BCUT2D eigenvalue weighted by Gasteiger charge is 2.26. The van der Waals surface area contributed by atoms with Crippen molar-refractivity contribution in [3.05, 3.63) is 12.2 Å². The fraction of sp³-hybridized carbons (Fsp3) is 0.818. The molecule has 1 atom stereocenters. The predicted octanol–water partition coefficient (Wildman–Crippen LogP) is 1.91. The van der Waals surface area contributed by atoms with Gasteiger partial charge < -0.3 is 10.3 Å². The van der Waals surface area contributed by atoms with E-state index in [2.05, 4.69) is 35.5 Å². The van der Waals surface area contributed by atoms with Crippen molar-refractivity contribution < 1.29 is 0 Å². The van der Waals surface area contributed by atoms with Gasteiger partial charge in [-0.1, -0.05) is 27.2 Å². The Labute approximate surface area is 91.9 Å². The van der Waals surface area contributed by atoms with Crippen molar-refractivity contribution in [1.82, 2.24) is 14.8 Å². The van der Waals surface area contributed by atoms with Gasteiger partial charge in [-0.25, -0.2) is 0 Å². The second-order valence-corrected chi connectivity index (χ2v) is 4.87. The normalized spacial score (nSPS) is 15.6. The summed E-state index contributed by atoms with van der Waals surface area (Å²) in [6, 6.07) is 0. The lowest BCUT2D eigenvalue weighted by Gasteiger charge is -2.24. The topological polar surface area (TPSA) is 56.7 Å². The van der Waals surface area contributed by atoms with E-state index in [4.69, 9.17) is 5.73 Å². The molecule has 4 heteroatoms. The zero-order valence-electron chi connectivity index (χ0n) is 10.2. The number of nitrogens with zero attached hydrogens (tertiary/aromatic N) is 3. The van der Waals surface area contributed by atoms with Crippen LogP contribution in [0.5, 0.6) is 0 Å². The van der Waals surface area contributed by atoms with E-state index in [1.165, 1.54) is 0 Å². The van der Waals surface area contributed by atoms with Crippen LogP contribution in [0.3, 0.4) is 0 Å². The lowest BCUT2D eigenvalue weighted by atomic mass is 9.96. The van der Waals surface area contributed by atoms with Crippen molar-refractivity contribution in [1.29, 1.82) is 0 Å². The van der Waals surface area contributed by atoms with E-state index in [9.17, 15) is 0 Å². The van der Waals surface area contributed by atoms with Crippen LogP contribution in [0.1, 0.15) is 46.4 Å². The molecule has 1 heterocycles. The lowest BCUT2D eigenvalue weighted by Crippen LogP contribution is -2.36. The predicted molar refractivity (Wildman–Crippen MR) is 61.3 cm³/mol. The second kappa shape index (κ2) is 4.75. The van der Waals surface area contributed by atoms with Gasteiger partial charge >= 0.3 is 0 Å². The fourth-order valence-electron chi connectivity index (χ4n) is 1.86. The molecule has 0 aliphatic carbocycles. The highest BCUT2D eigenvalue weighted by Crippen LogP contribution is 2.21. The van der Waals surface area contributed by atoms with Crippen molar-refractivity contribution in [2.24, 2.45) is 11.7 Å². The standard InChI is InChI=1S/C11H22N4/c1-5-6-11(4,12)10-14-13-8-15(10)7-9(2)3/h8-9H,5-7,12H2,1-4H3. The third-order valence-electron chi connectivity index (χ3n) is 2.46. The van der Waals surface area contributed by atoms with Gasteiger partial charge in [-0.2, -0.15) is 0 Å². The summed E-state index contributed by atoms with van der Waals surface area (Å²) in [5.74, 6) is 1.48. The molecule has 0 bridgehead atoms. The Morgan fingerprint density at radius 2 is 2.20 bits per heavy atom. The van der Waals surface area contributed by atoms with Crippen molar-refractivity contribution in [2.75, 3.05) is 0 Å². The highest BCUT2D eigenvalue weighted by atomic mass is 15.3. The Bertz CT molecular complexity index is 301. The van der Waals surface area contributed by atoms with Crippen LogP contribution in [-0.4, -0.2) is 14.8 Å². The van der Waals surface area contributed by atoms with E-state index >= 15 is 0 Å². The minimum absolute atomic E-state index is 0.361. The van der Waals surface area contributed by atoms with E-state index in [1.54, 1.807) is 6.33 Å². The quantitative estimate of drug-likeness (QED) is 0.807. The molecule has 1 aromatic heterocycles. The van der Waals surface area contributed by atoms with Crippen LogP contribution < -0.4 is 5.73 Å². The first-order chi connectivity index (χ1) is 6.97. The minimum atomic E-state index is -0.361. The molecule has 0 aromatic carbocycles. The molecule has 4 nitrogen and oxygen atoms in total. The summed E-state index contributed by atoms with van der Waals surface area (Å²) in [4.78, 5) is 0. The Kier molecular flexibility index (Phi) is 3.85. The SMILES string of the molecule is CCCC(C)(N)c1nncn1CC(C)C. The van der Waals surface area contributed by atoms with Gasteiger partial charge in [0.1, 0.15) is 6.33 Å². The van der Waals surface area contributed by atoms with Crippen LogP contribution in [-0.2, 0) is 12.1 Å². The first kappa shape index (κ1) is 12.2. The lowest BCUT2D eigenvalue weighted by molar-refractivity contribution is 0.383. The maximum atomic E-state index is 6.25. The molecule has 15 heavy (non-hydrogen) atoms. The monoisotopic (exact) mass is 210 g/mol. The first-order valence-electron chi connectivity index (χ1n) is 5.64. The van der Waals surface area contributed by atoms with Gasteiger partial charge in [0, 0.05) is 6.54 Å². The van der Waals surface area contributed by atoms with E-state index in [0.717, 1.165) is 25.2 Å². The van der Waals surface area contributed by atoms with Gasteiger partial charge in [-0.05, 0) is 19.3 Å². The van der Waals surface area contributed by atoms with Crippen molar-refractivity contribution in [3.63, 3.8) is 0 Å². The molecule has 86 valence electrons. The summed E-state index contributed by atoms with van der Waals surface area (Å²) in [6.45, 7) is 9.44. The largest absolute Gasteiger partial charge is 0.319 e. The molecule has 0 amide bonds. The number of aromatic nitrogens is 3. The number of rotatable bonds is 5. The molecule has 0 spiro atoms. The van der Waals surface area contributed by atoms with Crippen molar-refractivity contribution in [3.8, 4) is 0 Å². The van der Waals surface area contributed by atoms with Gasteiger partial charge in [0.15, 0.2) is 5.82 Å². The average molecular weight is 210 g/mol. The molecule has 0 saturated carbocycles. The van der Waals surface area contributed by atoms with Crippen LogP contribution >= 0.6 is 0 Å². The number of nitrogens with two attached hydrogens (primary N) is 1. The molecule has 0 fully saturated rings. The third kappa shape index (κ3) is 3.02. The van der Waals surface area contributed by atoms with Gasteiger partial charge in [-0.3, -0.25) is 0 Å². The third-order valence-corrected chi connectivity index (χ3v) is 2.46. The molecule has 0 saturated heterocycles. The van der Waals surface area contributed by atoms with E-state index in [1.807, 2.05) is 6.92 Å². The summed E-state index contributed by atoms with van der Waals surface area (Å²) in [5, 5.41) is 8.10. The summed E-state index contributed by atoms with van der Waals surface area (Å²) in [6.07, 6.45) is 3.77. The number of hydrogen-bond donors (Lipinski definition) is 1. The van der Waals surface area contributed by atoms with Gasteiger partial charge in [0.2, 0.25) is 0 Å². The molecule has 2 N–H and O–H groups in total. The van der Waals surface area contributed by atoms with Crippen LogP contribution in [0.15, 0.2) is 6.33 Å². The maximum absolute atomic E-state index is 6.25. The molecule has 1 rings (SSSR count). The van der Waals surface area contributed by atoms with Crippen molar-refractivity contribution >= 4 is 0 Å². The van der Waals surface area contributed by atoms with Gasteiger partial charge in [0.25, 0.3) is 0 Å². The zero-order valence-corrected chi connectivity index (χ0v) is 10.2. The Morgan fingerprint density at radius 3 is 2.73 bits per heavy atom. The van der Waals surface area contributed by atoms with Gasteiger partial charge in [-0.15, -0.1) is 10.2 Å². The Hall–Kier alpha value is -0.900. The van der Waals surface area contributed by atoms with Crippen LogP contribution in [0.2, 0.25) is 0 Å². The van der Waals surface area contributed by atoms with E-state index in [0.29, 0.717) is 5.92 Å². The molecular formula is C11H22N4. The summed E-state index contributed by atoms with van der Waals surface area (Å²) < 4.78 is 2.07. The number of hydrogen-bond acceptors (Lipinski definition) is 3.